The second kappa shape index (κ2) is 4.09. The molecular formula is C12H13N3. The minimum absolute atomic E-state index is 0.314. The number of nitrogen functional groups attached to an aromatic ring is 1. The molecule has 1 heterocycles. The van der Waals surface area contributed by atoms with Gasteiger partial charge in [0.1, 0.15) is 0 Å². The highest BCUT2D eigenvalue weighted by molar-refractivity contribution is 5.60. The average molecular weight is 199 g/mol. The van der Waals surface area contributed by atoms with Gasteiger partial charge in [-0.3, -0.25) is 0 Å². The third kappa shape index (κ3) is 2.13. The van der Waals surface area contributed by atoms with E-state index in [2.05, 4.69) is 29.0 Å². The second-order valence-corrected chi connectivity index (χ2v) is 3.35. The smallest absolute Gasteiger partial charge is 0.220 e. The van der Waals surface area contributed by atoms with Gasteiger partial charge in [-0.1, -0.05) is 25.1 Å². The lowest BCUT2D eigenvalue weighted by Gasteiger charge is -2.03. The molecule has 2 rings (SSSR count). The number of nitrogens with zero attached hydrogens (tertiary/aromatic N) is 2. The summed E-state index contributed by atoms with van der Waals surface area (Å²) in [6.45, 7) is 2.13. The normalized spacial score (nSPS) is 10.2. The quantitative estimate of drug-likeness (QED) is 0.807. The van der Waals surface area contributed by atoms with Gasteiger partial charge in [0.25, 0.3) is 0 Å². The Bertz CT molecular complexity index is 466. The fourth-order valence-electron chi connectivity index (χ4n) is 1.49. The Morgan fingerprint density at radius 3 is 2.87 bits per heavy atom. The molecule has 1 aromatic carbocycles. The lowest BCUT2D eigenvalue weighted by atomic mass is 10.1. The predicted molar refractivity (Wildman–Crippen MR) is 61.3 cm³/mol. The highest BCUT2D eigenvalue weighted by Crippen LogP contribution is 2.18. The highest BCUT2D eigenvalue weighted by Gasteiger charge is 2.00. The Labute approximate surface area is 89.0 Å². The van der Waals surface area contributed by atoms with Crippen LogP contribution in [0.3, 0.4) is 0 Å². The number of hydrogen-bond acceptors (Lipinski definition) is 3. The van der Waals surface area contributed by atoms with Crippen molar-refractivity contribution in [2.24, 2.45) is 0 Å². The van der Waals surface area contributed by atoms with Crippen molar-refractivity contribution >= 4 is 5.95 Å². The first-order valence-electron chi connectivity index (χ1n) is 4.97. The molecule has 0 aliphatic heterocycles. The predicted octanol–water partition coefficient (Wildman–Crippen LogP) is 2.29. The molecule has 3 nitrogen and oxygen atoms in total. The molecule has 0 radical (unpaired) electrons. The van der Waals surface area contributed by atoms with Crippen molar-refractivity contribution in [2.75, 3.05) is 5.73 Å². The summed E-state index contributed by atoms with van der Waals surface area (Å²) in [5.41, 5.74) is 8.80. The van der Waals surface area contributed by atoms with E-state index in [0.29, 0.717) is 5.95 Å². The molecule has 0 amide bonds. The first kappa shape index (κ1) is 9.65. The molecule has 2 N–H and O–H groups in total. The molecule has 0 aliphatic rings. The van der Waals surface area contributed by atoms with Crippen molar-refractivity contribution in [2.45, 2.75) is 13.3 Å². The molecule has 3 heteroatoms. The van der Waals surface area contributed by atoms with Gasteiger partial charge in [0.05, 0.1) is 5.69 Å². The summed E-state index contributed by atoms with van der Waals surface area (Å²) in [5.74, 6) is 0.314. The SMILES string of the molecule is CCc1cccc(-c2ccnc(N)n2)c1. The maximum absolute atomic E-state index is 5.54. The lowest BCUT2D eigenvalue weighted by Crippen LogP contribution is -1.95. The summed E-state index contributed by atoms with van der Waals surface area (Å²) in [5, 5.41) is 0. The zero-order valence-corrected chi connectivity index (χ0v) is 8.64. The Kier molecular flexibility index (Phi) is 2.63. The van der Waals surface area contributed by atoms with Crippen molar-refractivity contribution < 1.29 is 0 Å². The van der Waals surface area contributed by atoms with E-state index in [1.54, 1.807) is 6.20 Å². The average Bonchev–Trinajstić information content (AvgIpc) is 2.29. The van der Waals surface area contributed by atoms with Crippen LogP contribution in [0.25, 0.3) is 11.3 Å². The second-order valence-electron chi connectivity index (χ2n) is 3.35. The van der Waals surface area contributed by atoms with Crippen LogP contribution in [0.15, 0.2) is 36.5 Å². The molecule has 0 atom stereocenters. The fraction of sp³-hybridized carbons (Fsp3) is 0.167. The maximum Gasteiger partial charge on any atom is 0.220 e. The first-order chi connectivity index (χ1) is 7.29. The molecule has 76 valence electrons. The summed E-state index contributed by atoms with van der Waals surface area (Å²) in [4.78, 5) is 8.06. The Hall–Kier alpha value is -1.90. The van der Waals surface area contributed by atoms with Crippen molar-refractivity contribution in [1.82, 2.24) is 9.97 Å². The van der Waals surface area contributed by atoms with Crippen LogP contribution in [0.1, 0.15) is 12.5 Å². The van der Waals surface area contributed by atoms with E-state index in [1.807, 2.05) is 18.2 Å². The van der Waals surface area contributed by atoms with Crippen LogP contribution in [0.2, 0.25) is 0 Å². The summed E-state index contributed by atoms with van der Waals surface area (Å²) in [7, 11) is 0. The largest absolute Gasteiger partial charge is 0.368 e. The van der Waals surface area contributed by atoms with Crippen LogP contribution in [0.5, 0.6) is 0 Å². The molecule has 0 unspecified atom stereocenters. The highest BCUT2D eigenvalue weighted by atomic mass is 15.0. The summed E-state index contributed by atoms with van der Waals surface area (Å²) in [6.07, 6.45) is 2.70. The molecule has 0 spiro atoms. The Morgan fingerprint density at radius 1 is 1.27 bits per heavy atom. The zero-order chi connectivity index (χ0) is 10.7. The van der Waals surface area contributed by atoms with Crippen LogP contribution >= 0.6 is 0 Å². The number of benzene rings is 1. The van der Waals surface area contributed by atoms with Crippen LogP contribution in [-0.2, 0) is 6.42 Å². The van der Waals surface area contributed by atoms with E-state index in [-0.39, 0.29) is 0 Å². The maximum atomic E-state index is 5.54. The van der Waals surface area contributed by atoms with E-state index in [1.165, 1.54) is 5.56 Å². The van der Waals surface area contributed by atoms with Crippen molar-refractivity contribution in [3.05, 3.63) is 42.1 Å². The van der Waals surface area contributed by atoms with Gasteiger partial charge in [-0.25, -0.2) is 9.97 Å². The van der Waals surface area contributed by atoms with E-state index in [9.17, 15) is 0 Å². The van der Waals surface area contributed by atoms with Crippen molar-refractivity contribution in [1.29, 1.82) is 0 Å². The topological polar surface area (TPSA) is 51.8 Å². The third-order valence-electron chi connectivity index (χ3n) is 2.31. The monoisotopic (exact) mass is 199 g/mol. The van der Waals surface area contributed by atoms with E-state index < -0.39 is 0 Å². The van der Waals surface area contributed by atoms with Gasteiger partial charge in [0.2, 0.25) is 5.95 Å². The number of nitrogens with two attached hydrogens (primary N) is 1. The molecule has 15 heavy (non-hydrogen) atoms. The van der Waals surface area contributed by atoms with Gasteiger partial charge in [0, 0.05) is 11.8 Å². The first-order valence-corrected chi connectivity index (χ1v) is 4.97. The van der Waals surface area contributed by atoms with E-state index in [0.717, 1.165) is 17.7 Å². The molecule has 0 saturated heterocycles. The van der Waals surface area contributed by atoms with Crippen LogP contribution in [-0.4, -0.2) is 9.97 Å². The number of hydrogen-bond donors (Lipinski definition) is 1. The number of aryl methyl sites for hydroxylation is 1. The van der Waals surface area contributed by atoms with E-state index in [4.69, 9.17) is 5.73 Å². The lowest BCUT2D eigenvalue weighted by molar-refractivity contribution is 1.14. The van der Waals surface area contributed by atoms with Gasteiger partial charge >= 0.3 is 0 Å². The number of aromatic nitrogens is 2. The molecule has 0 aliphatic carbocycles. The summed E-state index contributed by atoms with van der Waals surface area (Å²) < 4.78 is 0. The summed E-state index contributed by atoms with van der Waals surface area (Å²) >= 11 is 0. The molecule has 2 aromatic rings. The molecule has 1 aromatic heterocycles. The Balaban J connectivity index is 2.44. The molecule has 0 bridgehead atoms. The fourth-order valence-corrected chi connectivity index (χ4v) is 1.49. The minimum atomic E-state index is 0.314. The van der Waals surface area contributed by atoms with Gasteiger partial charge in [-0.05, 0) is 24.1 Å². The summed E-state index contributed by atoms with van der Waals surface area (Å²) in [6, 6.07) is 10.2. The van der Waals surface area contributed by atoms with Crippen molar-refractivity contribution in [3.63, 3.8) is 0 Å². The van der Waals surface area contributed by atoms with Gasteiger partial charge in [-0.2, -0.15) is 0 Å². The van der Waals surface area contributed by atoms with E-state index >= 15 is 0 Å². The third-order valence-corrected chi connectivity index (χ3v) is 2.31. The minimum Gasteiger partial charge on any atom is -0.368 e. The number of anilines is 1. The standard InChI is InChI=1S/C12H13N3/c1-2-9-4-3-5-10(8-9)11-6-7-14-12(13)15-11/h3-8H,2H2,1H3,(H2,13,14,15). The van der Waals surface area contributed by atoms with Gasteiger partial charge in [-0.15, -0.1) is 0 Å². The molecular weight excluding hydrogens is 186 g/mol. The van der Waals surface area contributed by atoms with Gasteiger partial charge in [0.15, 0.2) is 0 Å². The van der Waals surface area contributed by atoms with Crippen molar-refractivity contribution in [3.8, 4) is 11.3 Å². The number of rotatable bonds is 2. The van der Waals surface area contributed by atoms with Gasteiger partial charge < -0.3 is 5.73 Å². The zero-order valence-electron chi connectivity index (χ0n) is 8.64. The Morgan fingerprint density at radius 2 is 2.13 bits per heavy atom. The molecule has 0 fully saturated rings. The van der Waals surface area contributed by atoms with Crippen LogP contribution in [0.4, 0.5) is 5.95 Å². The molecule has 0 saturated carbocycles. The van der Waals surface area contributed by atoms with Crippen LogP contribution in [0, 0.1) is 0 Å². The van der Waals surface area contributed by atoms with Crippen LogP contribution < -0.4 is 5.73 Å².